The van der Waals surface area contributed by atoms with Gasteiger partial charge in [-0.05, 0) is 77.9 Å². The zero-order valence-corrected chi connectivity index (χ0v) is 20.2. The van der Waals surface area contributed by atoms with E-state index in [2.05, 4.69) is 52.3 Å². The summed E-state index contributed by atoms with van der Waals surface area (Å²) in [5.41, 5.74) is 8.54. The number of carboxylic acids is 1. The van der Waals surface area contributed by atoms with Crippen LogP contribution in [0.3, 0.4) is 0 Å². The van der Waals surface area contributed by atoms with Crippen molar-refractivity contribution in [3.8, 4) is 5.75 Å². The lowest BCUT2D eigenvalue weighted by Gasteiger charge is -2.13. The van der Waals surface area contributed by atoms with Gasteiger partial charge in [-0.3, -0.25) is 5.41 Å². The number of halogens is 4. The number of benzene rings is 3. The number of aliphatic carboxylic acids is 1. The molecule has 1 aliphatic carbocycles. The second-order valence-electron chi connectivity index (χ2n) is 8.08. The molecular formula is C26H24BrF3N2O3. The molecule has 0 aromatic heterocycles. The topological polar surface area (TPSA) is 96.4 Å². The number of carboxylic acid groups (broad SMARTS) is 1. The standard InChI is InChI=1S/C24H23BrN2O.C2HF3O2/c25-23(19-4-3-7-22(15-19)28-21-5-1-2-6-21)13-16-8-9-18-14-20(24(26)27)11-10-17(18)12-16;3-2(4,5)1(6)7/h3-4,7-15,21H,1-2,5-6H2,(H3,26,27);(H,6,7)/b23-13-;. The van der Waals surface area contributed by atoms with E-state index in [0.29, 0.717) is 6.10 Å². The van der Waals surface area contributed by atoms with Gasteiger partial charge in [0.2, 0.25) is 0 Å². The van der Waals surface area contributed by atoms with Gasteiger partial charge in [0.05, 0.1) is 6.10 Å². The lowest BCUT2D eigenvalue weighted by molar-refractivity contribution is -0.192. The number of hydrogen-bond donors (Lipinski definition) is 3. The first kappa shape index (κ1) is 26.3. The molecule has 184 valence electrons. The minimum atomic E-state index is -5.08. The van der Waals surface area contributed by atoms with Crippen molar-refractivity contribution in [3.63, 3.8) is 0 Å². The number of alkyl halides is 3. The predicted octanol–water partition coefficient (Wildman–Crippen LogP) is 6.97. The van der Waals surface area contributed by atoms with E-state index in [0.717, 1.165) is 50.5 Å². The highest BCUT2D eigenvalue weighted by atomic mass is 79.9. The van der Waals surface area contributed by atoms with Crippen LogP contribution in [0.2, 0.25) is 0 Å². The number of nitrogens with two attached hydrogens (primary N) is 1. The second kappa shape index (κ2) is 11.4. The summed E-state index contributed by atoms with van der Waals surface area (Å²) in [5, 5.41) is 16.9. The summed E-state index contributed by atoms with van der Waals surface area (Å²) in [6, 6.07) is 20.4. The molecule has 35 heavy (non-hydrogen) atoms. The maximum absolute atomic E-state index is 10.6. The van der Waals surface area contributed by atoms with E-state index in [1.807, 2.05) is 30.3 Å². The molecular weight excluding hydrogens is 525 g/mol. The molecule has 0 saturated heterocycles. The number of carbonyl (C=O) groups is 1. The highest BCUT2D eigenvalue weighted by Gasteiger charge is 2.38. The quantitative estimate of drug-likeness (QED) is 0.182. The van der Waals surface area contributed by atoms with Crippen LogP contribution >= 0.6 is 15.9 Å². The number of ether oxygens (including phenoxy) is 1. The second-order valence-corrected chi connectivity index (χ2v) is 8.94. The van der Waals surface area contributed by atoms with Crippen molar-refractivity contribution in [1.82, 2.24) is 0 Å². The normalized spacial score (nSPS) is 14.3. The van der Waals surface area contributed by atoms with Gasteiger partial charge >= 0.3 is 12.1 Å². The van der Waals surface area contributed by atoms with Crippen LogP contribution in [-0.2, 0) is 4.79 Å². The average molecular weight is 549 g/mol. The summed E-state index contributed by atoms with van der Waals surface area (Å²) in [7, 11) is 0. The molecule has 0 heterocycles. The number of hydrogen-bond acceptors (Lipinski definition) is 3. The van der Waals surface area contributed by atoms with Gasteiger partial charge in [0, 0.05) is 10.0 Å². The Morgan fingerprint density at radius 3 is 2.29 bits per heavy atom. The van der Waals surface area contributed by atoms with E-state index in [-0.39, 0.29) is 5.84 Å². The molecule has 5 nitrogen and oxygen atoms in total. The summed E-state index contributed by atoms with van der Waals surface area (Å²) >= 11 is 3.73. The van der Waals surface area contributed by atoms with Crippen molar-refractivity contribution in [2.75, 3.05) is 0 Å². The summed E-state index contributed by atoms with van der Waals surface area (Å²) in [6.07, 6.45) is 2.24. The maximum Gasteiger partial charge on any atom is 0.490 e. The molecule has 9 heteroatoms. The summed E-state index contributed by atoms with van der Waals surface area (Å²) in [4.78, 5) is 8.90. The number of nitrogens with one attached hydrogen (secondary N) is 1. The van der Waals surface area contributed by atoms with Crippen LogP contribution in [0.1, 0.15) is 42.4 Å². The monoisotopic (exact) mass is 548 g/mol. The smallest absolute Gasteiger partial charge is 0.490 e. The maximum atomic E-state index is 10.6. The van der Waals surface area contributed by atoms with Crippen LogP contribution in [0, 0.1) is 5.41 Å². The first-order chi connectivity index (χ1) is 16.5. The van der Waals surface area contributed by atoms with Gasteiger partial charge in [-0.1, -0.05) is 52.3 Å². The molecule has 1 aliphatic rings. The number of rotatable bonds is 5. The predicted molar refractivity (Wildman–Crippen MR) is 135 cm³/mol. The van der Waals surface area contributed by atoms with Gasteiger partial charge in [-0.25, -0.2) is 4.79 Å². The molecule has 3 aromatic carbocycles. The number of fused-ring (bicyclic) bond motifs is 1. The molecule has 4 N–H and O–H groups in total. The molecule has 0 aliphatic heterocycles. The molecule has 0 atom stereocenters. The van der Waals surface area contributed by atoms with Crippen LogP contribution in [0.4, 0.5) is 13.2 Å². The SMILES string of the molecule is N=C(N)c1ccc2cc(/C=C(\Br)c3cccc(OC4CCCC4)c3)ccc2c1.O=C(O)C(F)(F)F. The van der Waals surface area contributed by atoms with Crippen LogP contribution in [0.5, 0.6) is 5.75 Å². The highest BCUT2D eigenvalue weighted by Crippen LogP contribution is 2.30. The van der Waals surface area contributed by atoms with E-state index in [9.17, 15) is 13.2 Å². The van der Waals surface area contributed by atoms with E-state index >= 15 is 0 Å². The zero-order valence-electron chi connectivity index (χ0n) is 18.6. The largest absolute Gasteiger partial charge is 0.490 e. The Bertz CT molecular complexity index is 1250. The van der Waals surface area contributed by atoms with Crippen molar-refractivity contribution in [3.05, 3.63) is 77.4 Å². The van der Waals surface area contributed by atoms with Crippen LogP contribution in [0.15, 0.2) is 60.7 Å². The van der Waals surface area contributed by atoms with Gasteiger partial charge in [-0.2, -0.15) is 13.2 Å². The van der Waals surface area contributed by atoms with Crippen molar-refractivity contribution >= 4 is 49.1 Å². The molecule has 4 rings (SSSR count). The molecule has 1 saturated carbocycles. The van der Waals surface area contributed by atoms with Gasteiger partial charge in [0.1, 0.15) is 11.6 Å². The number of nitrogen functional groups attached to an aromatic ring is 1. The van der Waals surface area contributed by atoms with Crippen molar-refractivity contribution in [2.24, 2.45) is 5.73 Å². The number of amidine groups is 1. The highest BCUT2D eigenvalue weighted by molar-refractivity contribution is 9.15. The molecule has 0 bridgehead atoms. The lowest BCUT2D eigenvalue weighted by atomic mass is 10.0. The van der Waals surface area contributed by atoms with Gasteiger partial charge in [0.15, 0.2) is 0 Å². The third kappa shape index (κ3) is 7.58. The summed E-state index contributed by atoms with van der Waals surface area (Å²) in [5.74, 6) is -1.73. The Morgan fingerprint density at radius 2 is 1.66 bits per heavy atom. The first-order valence-electron chi connectivity index (χ1n) is 10.9. The van der Waals surface area contributed by atoms with E-state index in [1.165, 1.54) is 12.8 Å². The minimum Gasteiger partial charge on any atom is -0.490 e. The fraction of sp³-hybridized carbons (Fsp3) is 0.231. The van der Waals surface area contributed by atoms with Crippen molar-refractivity contribution < 1.29 is 27.8 Å². The third-order valence-corrected chi connectivity index (χ3v) is 6.11. The summed E-state index contributed by atoms with van der Waals surface area (Å²) in [6.45, 7) is 0. The van der Waals surface area contributed by atoms with Gasteiger partial charge < -0.3 is 15.6 Å². The van der Waals surface area contributed by atoms with Crippen LogP contribution in [0.25, 0.3) is 21.3 Å². The Balaban J connectivity index is 0.000000429. The molecule has 1 fully saturated rings. The lowest BCUT2D eigenvalue weighted by Crippen LogP contribution is -2.21. The molecule has 3 aromatic rings. The van der Waals surface area contributed by atoms with Crippen molar-refractivity contribution in [2.45, 2.75) is 38.0 Å². The average Bonchev–Trinajstić information content (AvgIpc) is 3.31. The van der Waals surface area contributed by atoms with E-state index in [4.69, 9.17) is 25.8 Å². The van der Waals surface area contributed by atoms with Crippen LogP contribution in [-0.4, -0.2) is 29.2 Å². The van der Waals surface area contributed by atoms with Gasteiger partial charge in [0.25, 0.3) is 0 Å². The Morgan fingerprint density at radius 1 is 1.03 bits per heavy atom. The fourth-order valence-corrected chi connectivity index (χ4v) is 4.18. The molecule has 0 spiro atoms. The third-order valence-electron chi connectivity index (χ3n) is 5.43. The minimum absolute atomic E-state index is 0.0910. The molecule has 0 amide bonds. The molecule has 0 unspecified atom stereocenters. The van der Waals surface area contributed by atoms with Gasteiger partial charge in [-0.15, -0.1) is 0 Å². The van der Waals surface area contributed by atoms with Crippen molar-refractivity contribution in [1.29, 1.82) is 5.41 Å². The van der Waals surface area contributed by atoms with E-state index in [1.54, 1.807) is 0 Å². The molecule has 0 radical (unpaired) electrons. The first-order valence-corrected chi connectivity index (χ1v) is 11.6. The summed E-state index contributed by atoms with van der Waals surface area (Å²) < 4.78 is 38.9. The Labute approximate surface area is 209 Å². The fourth-order valence-electron chi connectivity index (χ4n) is 3.67. The zero-order chi connectivity index (χ0) is 25.6. The Kier molecular flexibility index (Phi) is 8.56. The Hall–Kier alpha value is -3.33. The van der Waals surface area contributed by atoms with Crippen LogP contribution < -0.4 is 10.5 Å². The van der Waals surface area contributed by atoms with E-state index < -0.39 is 12.1 Å².